The molecular formula is C21H16FN3O2S. The summed E-state index contributed by atoms with van der Waals surface area (Å²) in [7, 11) is 0. The molecule has 28 heavy (non-hydrogen) atoms. The number of hydrogen-bond acceptors (Lipinski definition) is 4. The molecule has 2 heterocycles. The van der Waals surface area contributed by atoms with Gasteiger partial charge in [0.05, 0.1) is 29.6 Å². The number of nitrogens with zero attached hydrogens (tertiary/aromatic N) is 2. The van der Waals surface area contributed by atoms with Crippen molar-refractivity contribution in [2.45, 2.75) is 13.0 Å². The van der Waals surface area contributed by atoms with Gasteiger partial charge in [-0.15, -0.1) is 11.3 Å². The third-order valence-electron chi connectivity index (χ3n) is 4.29. The molecule has 0 aliphatic carbocycles. The zero-order chi connectivity index (χ0) is 19.5. The van der Waals surface area contributed by atoms with Gasteiger partial charge in [-0.05, 0) is 47.8 Å². The molecule has 1 N–H and O–H groups in total. The molecule has 140 valence electrons. The molecule has 2 aromatic carbocycles. The van der Waals surface area contributed by atoms with Gasteiger partial charge in [0.15, 0.2) is 0 Å². The second-order valence-corrected chi connectivity index (χ2v) is 7.23. The van der Waals surface area contributed by atoms with Crippen LogP contribution >= 0.6 is 11.3 Å². The lowest BCUT2D eigenvalue weighted by molar-refractivity contribution is -0.120. The lowest BCUT2D eigenvalue weighted by Crippen LogP contribution is -2.30. The molecule has 2 aromatic heterocycles. The summed E-state index contributed by atoms with van der Waals surface area (Å²) < 4.78 is 14.7. The summed E-state index contributed by atoms with van der Waals surface area (Å²) in [5, 5.41) is 5.20. The molecule has 0 saturated heterocycles. The van der Waals surface area contributed by atoms with E-state index < -0.39 is 5.82 Å². The van der Waals surface area contributed by atoms with E-state index in [9.17, 15) is 14.0 Å². The van der Waals surface area contributed by atoms with Crippen molar-refractivity contribution < 1.29 is 9.18 Å². The number of rotatable bonds is 5. The maximum absolute atomic E-state index is 13.3. The van der Waals surface area contributed by atoms with E-state index in [0.717, 1.165) is 4.88 Å². The van der Waals surface area contributed by atoms with Crippen LogP contribution in [0.2, 0.25) is 0 Å². The van der Waals surface area contributed by atoms with Gasteiger partial charge in [0.2, 0.25) is 5.91 Å². The monoisotopic (exact) mass is 393 g/mol. The molecule has 0 spiro atoms. The number of fused-ring (bicyclic) bond motifs is 1. The molecule has 0 bridgehead atoms. The summed E-state index contributed by atoms with van der Waals surface area (Å²) in [6.45, 7) is 0.0850. The zero-order valence-electron chi connectivity index (χ0n) is 14.8. The molecule has 7 heteroatoms. The average molecular weight is 393 g/mol. The van der Waals surface area contributed by atoms with E-state index in [2.05, 4.69) is 10.3 Å². The number of thiophene rings is 1. The van der Waals surface area contributed by atoms with Crippen molar-refractivity contribution in [2.24, 2.45) is 0 Å². The molecule has 0 saturated carbocycles. The number of hydrogen-bond donors (Lipinski definition) is 1. The van der Waals surface area contributed by atoms with Crippen LogP contribution in [0.5, 0.6) is 0 Å². The summed E-state index contributed by atoms with van der Waals surface area (Å²) in [6, 6.07) is 16.4. The number of carbonyl (C=O) groups excluding carboxylic acids is 1. The first-order valence-corrected chi connectivity index (χ1v) is 9.55. The van der Waals surface area contributed by atoms with Crippen molar-refractivity contribution in [3.05, 3.63) is 92.9 Å². The first kappa shape index (κ1) is 18.1. The highest BCUT2D eigenvalue weighted by Crippen LogP contribution is 2.14. The minimum Gasteiger partial charge on any atom is -0.349 e. The Labute approximate surface area is 164 Å². The summed E-state index contributed by atoms with van der Waals surface area (Å²) >= 11 is 1.51. The van der Waals surface area contributed by atoms with Crippen molar-refractivity contribution in [3.63, 3.8) is 0 Å². The van der Waals surface area contributed by atoms with Gasteiger partial charge in [-0.1, -0.05) is 18.2 Å². The van der Waals surface area contributed by atoms with Crippen LogP contribution in [0.4, 0.5) is 4.39 Å². The van der Waals surface area contributed by atoms with Crippen LogP contribution in [0.1, 0.15) is 10.7 Å². The molecule has 0 radical (unpaired) electrons. The minimum atomic E-state index is -0.392. The summed E-state index contributed by atoms with van der Waals surface area (Å²) in [5.74, 6) is -0.165. The summed E-state index contributed by atoms with van der Waals surface area (Å²) in [4.78, 5) is 30.8. The SMILES string of the molecule is O=C(Cc1cccs1)NCc1nc2ccccc2c(=O)n1-c1ccc(F)cc1. The van der Waals surface area contributed by atoms with Gasteiger partial charge < -0.3 is 5.32 Å². The van der Waals surface area contributed by atoms with Crippen molar-refractivity contribution in [2.75, 3.05) is 0 Å². The highest BCUT2D eigenvalue weighted by Gasteiger charge is 2.14. The van der Waals surface area contributed by atoms with E-state index in [1.54, 1.807) is 24.3 Å². The largest absolute Gasteiger partial charge is 0.349 e. The van der Waals surface area contributed by atoms with Crippen molar-refractivity contribution >= 4 is 28.1 Å². The zero-order valence-corrected chi connectivity index (χ0v) is 15.6. The Kier molecular flexibility index (Phi) is 4.99. The molecule has 0 aliphatic rings. The lowest BCUT2D eigenvalue weighted by Gasteiger charge is -2.14. The number of benzene rings is 2. The van der Waals surface area contributed by atoms with Crippen LogP contribution in [-0.4, -0.2) is 15.5 Å². The van der Waals surface area contributed by atoms with E-state index in [1.807, 2.05) is 17.5 Å². The number of nitrogens with one attached hydrogen (secondary N) is 1. The van der Waals surface area contributed by atoms with Gasteiger partial charge in [-0.2, -0.15) is 0 Å². The number of para-hydroxylation sites is 1. The van der Waals surface area contributed by atoms with Crippen LogP contribution in [0, 0.1) is 5.82 Å². The molecule has 0 aliphatic heterocycles. The molecule has 0 fully saturated rings. The van der Waals surface area contributed by atoms with E-state index in [4.69, 9.17) is 0 Å². The van der Waals surface area contributed by atoms with Gasteiger partial charge in [-0.25, -0.2) is 9.37 Å². The van der Waals surface area contributed by atoms with Crippen molar-refractivity contribution in [1.29, 1.82) is 0 Å². The smallest absolute Gasteiger partial charge is 0.266 e. The fourth-order valence-corrected chi connectivity index (χ4v) is 3.67. The Hall–Kier alpha value is -3.32. The van der Waals surface area contributed by atoms with Gasteiger partial charge in [0.1, 0.15) is 11.6 Å². The topological polar surface area (TPSA) is 64.0 Å². The van der Waals surface area contributed by atoms with Crippen molar-refractivity contribution in [3.8, 4) is 5.69 Å². The van der Waals surface area contributed by atoms with Crippen molar-refractivity contribution in [1.82, 2.24) is 14.9 Å². The van der Waals surface area contributed by atoms with E-state index in [0.29, 0.717) is 22.4 Å². The highest BCUT2D eigenvalue weighted by molar-refractivity contribution is 7.10. The summed E-state index contributed by atoms with van der Waals surface area (Å²) in [5.41, 5.74) is 0.778. The normalized spacial score (nSPS) is 10.9. The third-order valence-corrected chi connectivity index (χ3v) is 5.16. The highest BCUT2D eigenvalue weighted by atomic mass is 32.1. The Morgan fingerprint density at radius 1 is 1.07 bits per heavy atom. The van der Waals surface area contributed by atoms with E-state index >= 15 is 0 Å². The van der Waals surface area contributed by atoms with Crippen LogP contribution < -0.4 is 10.9 Å². The molecule has 1 amide bonds. The van der Waals surface area contributed by atoms with Gasteiger partial charge in [0.25, 0.3) is 5.56 Å². The third kappa shape index (κ3) is 3.70. The predicted molar refractivity (Wildman–Crippen MR) is 107 cm³/mol. The summed E-state index contributed by atoms with van der Waals surface area (Å²) in [6.07, 6.45) is 0.270. The molecular weight excluding hydrogens is 377 g/mol. The van der Waals surface area contributed by atoms with Gasteiger partial charge in [-0.3, -0.25) is 14.2 Å². The maximum atomic E-state index is 13.3. The quantitative estimate of drug-likeness (QED) is 0.565. The molecule has 5 nitrogen and oxygen atoms in total. The molecule has 0 unspecified atom stereocenters. The second kappa shape index (κ2) is 7.74. The lowest BCUT2D eigenvalue weighted by atomic mass is 10.2. The molecule has 4 aromatic rings. The number of aromatic nitrogens is 2. The predicted octanol–water partition coefficient (Wildman–Crippen LogP) is 3.45. The molecule has 4 rings (SSSR count). The minimum absolute atomic E-state index is 0.0850. The maximum Gasteiger partial charge on any atom is 0.266 e. The Bertz CT molecular complexity index is 1180. The molecule has 0 atom stereocenters. The first-order valence-electron chi connectivity index (χ1n) is 8.67. The van der Waals surface area contributed by atoms with Crippen LogP contribution in [-0.2, 0) is 17.8 Å². The number of carbonyl (C=O) groups is 1. The Morgan fingerprint density at radius 2 is 1.86 bits per heavy atom. The fraction of sp³-hybridized carbons (Fsp3) is 0.0952. The van der Waals surface area contributed by atoms with Crippen LogP contribution in [0.3, 0.4) is 0 Å². The van der Waals surface area contributed by atoms with Crippen LogP contribution in [0.25, 0.3) is 16.6 Å². The number of amides is 1. The van der Waals surface area contributed by atoms with E-state index in [-0.39, 0.29) is 24.4 Å². The number of halogens is 1. The first-order chi connectivity index (χ1) is 13.6. The van der Waals surface area contributed by atoms with Gasteiger partial charge >= 0.3 is 0 Å². The Balaban J connectivity index is 1.71. The van der Waals surface area contributed by atoms with E-state index in [1.165, 1.54) is 40.2 Å². The standard InChI is InChI=1S/C21H16FN3O2S/c22-14-7-9-15(10-8-14)25-19(13-23-20(26)12-16-4-3-11-28-16)24-18-6-2-1-5-17(18)21(25)27/h1-11H,12-13H2,(H,23,26). The fourth-order valence-electron chi connectivity index (χ4n) is 2.97. The average Bonchev–Trinajstić information content (AvgIpc) is 3.20. The van der Waals surface area contributed by atoms with Gasteiger partial charge in [0, 0.05) is 4.88 Å². The second-order valence-electron chi connectivity index (χ2n) is 6.20. The Morgan fingerprint density at radius 3 is 2.61 bits per heavy atom. The van der Waals surface area contributed by atoms with Crippen LogP contribution in [0.15, 0.2) is 70.8 Å².